The van der Waals surface area contributed by atoms with Crippen LogP contribution < -0.4 is 10.1 Å². The number of carbonyl (C=O) groups is 2. The molecular formula is C31H35NO5. The molecule has 1 heterocycles. The SMILES string of the molecule is CC(C)(C)OC(=O)N[C@@H](Cc1ccc(OCc2ccccc2)cc1)[C@H]1C[C@@H](Cc2ccccc2)OC1=O. The molecule has 3 aromatic rings. The predicted octanol–water partition coefficient (Wildman–Crippen LogP) is 5.88. The van der Waals surface area contributed by atoms with E-state index in [1.807, 2.05) is 106 Å². The summed E-state index contributed by atoms with van der Waals surface area (Å²) in [5.41, 5.74) is 2.55. The average Bonchev–Trinajstić information content (AvgIpc) is 3.23. The van der Waals surface area contributed by atoms with Gasteiger partial charge >= 0.3 is 12.1 Å². The van der Waals surface area contributed by atoms with E-state index < -0.39 is 23.7 Å². The number of alkyl carbamates (subject to hydrolysis) is 1. The molecule has 6 nitrogen and oxygen atoms in total. The third-order valence-corrected chi connectivity index (χ3v) is 6.22. The third-order valence-electron chi connectivity index (χ3n) is 6.22. The summed E-state index contributed by atoms with van der Waals surface area (Å²) in [5.74, 6) is 0.00694. The Morgan fingerprint density at radius 2 is 1.54 bits per heavy atom. The van der Waals surface area contributed by atoms with Gasteiger partial charge in [0.2, 0.25) is 0 Å². The highest BCUT2D eigenvalue weighted by molar-refractivity contribution is 5.77. The minimum atomic E-state index is -0.640. The molecule has 3 aromatic carbocycles. The number of carbonyl (C=O) groups excluding carboxylic acids is 2. The Balaban J connectivity index is 1.43. The molecule has 3 atom stereocenters. The van der Waals surface area contributed by atoms with Crippen LogP contribution >= 0.6 is 0 Å². The van der Waals surface area contributed by atoms with Crippen molar-refractivity contribution < 1.29 is 23.8 Å². The first kappa shape index (κ1) is 26.3. The fraction of sp³-hybridized carbons (Fsp3) is 0.355. The molecule has 0 aliphatic carbocycles. The Hall–Kier alpha value is -3.80. The molecule has 194 valence electrons. The topological polar surface area (TPSA) is 73.9 Å². The van der Waals surface area contributed by atoms with Crippen molar-refractivity contribution >= 4 is 12.1 Å². The minimum Gasteiger partial charge on any atom is -0.489 e. The van der Waals surface area contributed by atoms with Crippen LogP contribution in [0, 0.1) is 5.92 Å². The van der Waals surface area contributed by atoms with Gasteiger partial charge in [-0.2, -0.15) is 0 Å². The summed E-state index contributed by atoms with van der Waals surface area (Å²) in [6, 6.07) is 27.2. The van der Waals surface area contributed by atoms with Crippen molar-refractivity contribution in [3.63, 3.8) is 0 Å². The Morgan fingerprint density at radius 1 is 0.919 bits per heavy atom. The summed E-state index contributed by atoms with van der Waals surface area (Å²) < 4.78 is 17.1. The zero-order valence-corrected chi connectivity index (χ0v) is 21.7. The summed E-state index contributed by atoms with van der Waals surface area (Å²) in [6.45, 7) is 5.93. The van der Waals surface area contributed by atoms with Gasteiger partial charge in [0.1, 0.15) is 24.1 Å². The van der Waals surface area contributed by atoms with Crippen LogP contribution in [0.1, 0.15) is 43.9 Å². The maximum absolute atomic E-state index is 12.9. The molecule has 1 fully saturated rings. The quantitative estimate of drug-likeness (QED) is 0.371. The van der Waals surface area contributed by atoms with Crippen LogP contribution in [0.2, 0.25) is 0 Å². The van der Waals surface area contributed by atoms with Crippen molar-refractivity contribution in [2.45, 2.75) is 64.4 Å². The number of amides is 1. The Morgan fingerprint density at radius 3 is 2.16 bits per heavy atom. The summed E-state index contributed by atoms with van der Waals surface area (Å²) in [6.07, 6.45) is 0.884. The van der Waals surface area contributed by atoms with Gasteiger partial charge in [-0.25, -0.2) is 4.79 Å². The largest absolute Gasteiger partial charge is 0.489 e. The fourth-order valence-electron chi connectivity index (χ4n) is 4.48. The van der Waals surface area contributed by atoms with Crippen LogP contribution in [-0.4, -0.2) is 29.8 Å². The molecule has 0 bridgehead atoms. The van der Waals surface area contributed by atoms with Crippen LogP contribution in [0.25, 0.3) is 0 Å². The molecule has 0 saturated carbocycles. The lowest BCUT2D eigenvalue weighted by molar-refractivity contribution is -0.144. The first-order chi connectivity index (χ1) is 17.7. The smallest absolute Gasteiger partial charge is 0.407 e. The third kappa shape index (κ3) is 8.10. The molecule has 1 amide bonds. The summed E-state index contributed by atoms with van der Waals surface area (Å²) in [5, 5.41) is 2.95. The van der Waals surface area contributed by atoms with Crippen LogP contribution in [0.4, 0.5) is 4.79 Å². The lowest BCUT2D eigenvalue weighted by Gasteiger charge is -2.26. The highest BCUT2D eigenvalue weighted by Gasteiger charge is 2.41. The molecule has 4 rings (SSSR count). The van der Waals surface area contributed by atoms with Crippen molar-refractivity contribution in [2.24, 2.45) is 5.92 Å². The van der Waals surface area contributed by atoms with E-state index in [1.54, 1.807) is 0 Å². The molecule has 37 heavy (non-hydrogen) atoms. The molecule has 1 aliphatic heterocycles. The predicted molar refractivity (Wildman–Crippen MR) is 142 cm³/mol. The standard InChI is InChI=1S/C31H35NO5/c1-31(2,3)37-30(34)32-28(27-20-26(36-29(27)33)18-22-10-6-4-7-11-22)19-23-14-16-25(17-15-23)35-21-24-12-8-5-9-13-24/h4-17,26-28H,18-21H2,1-3H3,(H,32,34)/t26-,27-,28+/m1/s1. The van der Waals surface area contributed by atoms with Crippen molar-refractivity contribution in [1.29, 1.82) is 0 Å². The molecule has 0 unspecified atom stereocenters. The lowest BCUT2D eigenvalue weighted by atomic mass is 9.89. The number of hydrogen-bond donors (Lipinski definition) is 1. The van der Waals surface area contributed by atoms with Crippen LogP contribution in [0.3, 0.4) is 0 Å². The lowest BCUT2D eigenvalue weighted by Crippen LogP contribution is -2.45. The number of ether oxygens (including phenoxy) is 3. The van der Waals surface area contributed by atoms with Gasteiger partial charge in [0.15, 0.2) is 0 Å². The molecule has 0 spiro atoms. The second-order valence-corrected chi connectivity index (χ2v) is 10.5. The van der Waals surface area contributed by atoms with E-state index in [0.29, 0.717) is 25.9 Å². The summed E-state index contributed by atoms with van der Waals surface area (Å²) >= 11 is 0. The Kier molecular flexibility index (Phi) is 8.49. The van der Waals surface area contributed by atoms with Gasteiger partial charge in [0.25, 0.3) is 0 Å². The first-order valence-corrected chi connectivity index (χ1v) is 12.7. The number of rotatable bonds is 9. The summed E-state index contributed by atoms with van der Waals surface area (Å²) in [7, 11) is 0. The number of nitrogens with one attached hydrogen (secondary N) is 1. The van der Waals surface area contributed by atoms with E-state index >= 15 is 0 Å². The highest BCUT2D eigenvalue weighted by atomic mass is 16.6. The van der Waals surface area contributed by atoms with Crippen molar-refractivity contribution in [1.82, 2.24) is 5.32 Å². The van der Waals surface area contributed by atoms with E-state index in [2.05, 4.69) is 5.32 Å². The second-order valence-electron chi connectivity index (χ2n) is 10.5. The van der Waals surface area contributed by atoms with E-state index in [4.69, 9.17) is 14.2 Å². The van der Waals surface area contributed by atoms with Gasteiger partial charge in [-0.05, 0) is 62.4 Å². The van der Waals surface area contributed by atoms with Crippen molar-refractivity contribution in [2.75, 3.05) is 0 Å². The summed E-state index contributed by atoms with van der Waals surface area (Å²) in [4.78, 5) is 25.6. The van der Waals surface area contributed by atoms with Crippen molar-refractivity contribution in [3.05, 3.63) is 102 Å². The molecule has 1 saturated heterocycles. The first-order valence-electron chi connectivity index (χ1n) is 12.7. The fourth-order valence-corrected chi connectivity index (χ4v) is 4.48. The Labute approximate surface area is 218 Å². The van der Waals surface area contributed by atoms with Gasteiger partial charge in [-0.1, -0.05) is 72.8 Å². The van der Waals surface area contributed by atoms with E-state index in [9.17, 15) is 9.59 Å². The number of cyclic esters (lactones) is 1. The molecular weight excluding hydrogens is 466 g/mol. The zero-order valence-electron chi connectivity index (χ0n) is 21.7. The van der Waals surface area contributed by atoms with Gasteiger partial charge < -0.3 is 19.5 Å². The van der Waals surface area contributed by atoms with E-state index in [0.717, 1.165) is 22.4 Å². The maximum Gasteiger partial charge on any atom is 0.407 e. The average molecular weight is 502 g/mol. The molecule has 0 radical (unpaired) electrons. The monoisotopic (exact) mass is 501 g/mol. The second kappa shape index (κ2) is 12.0. The number of benzene rings is 3. The molecule has 6 heteroatoms. The molecule has 0 aromatic heterocycles. The van der Waals surface area contributed by atoms with E-state index in [1.165, 1.54) is 0 Å². The van der Waals surface area contributed by atoms with Crippen LogP contribution in [-0.2, 0) is 33.7 Å². The molecule has 1 aliphatic rings. The van der Waals surface area contributed by atoms with Crippen LogP contribution in [0.5, 0.6) is 5.75 Å². The molecule has 1 N–H and O–H groups in total. The zero-order chi connectivity index (χ0) is 26.3. The maximum atomic E-state index is 12.9. The van der Waals surface area contributed by atoms with E-state index in [-0.39, 0.29) is 12.1 Å². The number of hydrogen-bond acceptors (Lipinski definition) is 5. The normalized spacial score (nSPS) is 18.1. The number of esters is 1. The minimum absolute atomic E-state index is 0.225. The van der Waals surface area contributed by atoms with Gasteiger partial charge in [0, 0.05) is 12.5 Å². The van der Waals surface area contributed by atoms with Gasteiger partial charge in [-0.3, -0.25) is 4.79 Å². The van der Waals surface area contributed by atoms with Gasteiger partial charge in [0.05, 0.1) is 5.92 Å². The highest BCUT2D eigenvalue weighted by Crippen LogP contribution is 2.29. The van der Waals surface area contributed by atoms with Gasteiger partial charge in [-0.15, -0.1) is 0 Å². The van der Waals surface area contributed by atoms with Crippen LogP contribution in [0.15, 0.2) is 84.9 Å². The van der Waals surface area contributed by atoms with Crippen molar-refractivity contribution in [3.8, 4) is 5.75 Å². The Bertz CT molecular complexity index is 1160.